The number of carbonyl (C=O) groups is 1. The van der Waals surface area contributed by atoms with Crippen LogP contribution in [-0.2, 0) is 0 Å². The lowest BCUT2D eigenvalue weighted by Crippen LogP contribution is -2.41. The molecule has 8 heteroatoms. The van der Waals surface area contributed by atoms with Gasteiger partial charge in [0.1, 0.15) is 12.4 Å². The van der Waals surface area contributed by atoms with E-state index in [1.807, 2.05) is 24.3 Å². The predicted molar refractivity (Wildman–Crippen MR) is 115 cm³/mol. The normalized spacial score (nSPS) is 15.0. The van der Waals surface area contributed by atoms with E-state index in [-0.39, 0.29) is 23.3 Å². The number of para-hydroxylation sites is 2. The van der Waals surface area contributed by atoms with Gasteiger partial charge in [0.25, 0.3) is 11.6 Å². The molecule has 1 amide bonds. The lowest BCUT2D eigenvalue weighted by molar-refractivity contribution is 0.0522. The quantitative estimate of drug-likeness (QED) is 0.479. The number of pyridine rings is 1. The van der Waals surface area contributed by atoms with Crippen molar-refractivity contribution >= 4 is 17.0 Å². The third-order valence-corrected chi connectivity index (χ3v) is 5.39. The zero-order valence-corrected chi connectivity index (χ0v) is 17.5. The molecule has 3 heterocycles. The van der Waals surface area contributed by atoms with Gasteiger partial charge in [0.15, 0.2) is 17.6 Å². The number of carbonyl (C=O) groups excluding carboxylic acids is 1. The topological polar surface area (TPSA) is 77.7 Å². The van der Waals surface area contributed by atoms with Crippen LogP contribution in [0, 0.1) is 12.7 Å². The minimum absolute atomic E-state index is 0.186. The highest BCUT2D eigenvalue weighted by molar-refractivity contribution is 6.06. The van der Waals surface area contributed by atoms with Gasteiger partial charge in [-0.25, -0.2) is 9.37 Å². The molecule has 2 aromatic heterocycles. The summed E-state index contributed by atoms with van der Waals surface area (Å²) >= 11 is 0. The molecule has 0 N–H and O–H groups in total. The molecule has 1 aliphatic heterocycles. The molecule has 0 saturated heterocycles. The number of aromatic nitrogens is 2. The number of ether oxygens (including phenoxy) is 2. The van der Waals surface area contributed by atoms with Gasteiger partial charge in [-0.1, -0.05) is 29.4 Å². The summed E-state index contributed by atoms with van der Waals surface area (Å²) in [5.41, 5.74) is 1.64. The maximum absolute atomic E-state index is 14.4. The standard InChI is InChI=1S/C24H20FN3O4/c1-14-22-17(11-19(26-23(22)32-27-14)16-7-3-4-8-18(16)25)24(29)28(2)12-15-13-30-20-9-5-6-10-21(20)31-15/h3-11,15H,12-13H2,1-2H3/t15-/m1/s1. The van der Waals surface area contributed by atoms with Crippen LogP contribution < -0.4 is 9.47 Å². The number of amides is 1. The summed E-state index contributed by atoms with van der Waals surface area (Å²) in [4.78, 5) is 19.4. The third kappa shape index (κ3) is 3.53. The number of aryl methyl sites for hydroxylation is 1. The van der Waals surface area contributed by atoms with Gasteiger partial charge < -0.3 is 18.9 Å². The van der Waals surface area contributed by atoms with Crippen molar-refractivity contribution in [2.45, 2.75) is 13.0 Å². The molecule has 32 heavy (non-hydrogen) atoms. The first-order valence-corrected chi connectivity index (χ1v) is 10.2. The summed E-state index contributed by atoms with van der Waals surface area (Å²) in [5.74, 6) is 0.619. The van der Waals surface area contributed by atoms with Crippen molar-refractivity contribution < 1.29 is 23.2 Å². The van der Waals surface area contributed by atoms with Gasteiger partial charge in [-0.15, -0.1) is 0 Å². The minimum atomic E-state index is -0.436. The van der Waals surface area contributed by atoms with Crippen LogP contribution in [0.25, 0.3) is 22.4 Å². The summed E-state index contributed by atoms with van der Waals surface area (Å²) in [6, 6.07) is 15.3. The van der Waals surface area contributed by atoms with Crippen molar-refractivity contribution in [3.8, 4) is 22.8 Å². The van der Waals surface area contributed by atoms with Crippen LogP contribution in [0.2, 0.25) is 0 Å². The van der Waals surface area contributed by atoms with Crippen LogP contribution in [0.3, 0.4) is 0 Å². The van der Waals surface area contributed by atoms with E-state index in [1.54, 1.807) is 43.1 Å². The summed E-state index contributed by atoms with van der Waals surface area (Å²) in [5, 5.41) is 4.46. The van der Waals surface area contributed by atoms with Crippen molar-refractivity contribution in [1.29, 1.82) is 0 Å². The molecular weight excluding hydrogens is 413 g/mol. The average molecular weight is 433 g/mol. The number of halogens is 1. The fourth-order valence-electron chi connectivity index (χ4n) is 3.82. The second-order valence-electron chi connectivity index (χ2n) is 7.67. The van der Waals surface area contributed by atoms with E-state index in [9.17, 15) is 9.18 Å². The van der Waals surface area contributed by atoms with E-state index in [1.165, 1.54) is 6.07 Å². The molecule has 5 rings (SSSR count). The number of nitrogens with zero attached hydrogens (tertiary/aromatic N) is 3. The molecule has 2 aromatic carbocycles. The van der Waals surface area contributed by atoms with Crippen molar-refractivity contribution in [1.82, 2.24) is 15.0 Å². The lowest BCUT2D eigenvalue weighted by Gasteiger charge is -2.29. The summed E-state index contributed by atoms with van der Waals surface area (Å²) in [6.07, 6.45) is -0.328. The molecular formula is C24H20FN3O4. The predicted octanol–water partition coefficient (Wildman–Crippen LogP) is 4.25. The molecule has 0 spiro atoms. The molecule has 162 valence electrons. The zero-order chi connectivity index (χ0) is 22.2. The van der Waals surface area contributed by atoms with Crippen molar-refractivity contribution in [2.24, 2.45) is 0 Å². The minimum Gasteiger partial charge on any atom is -0.486 e. The number of likely N-dealkylation sites (N-methyl/N-ethyl adjacent to an activating group) is 1. The number of hydrogen-bond acceptors (Lipinski definition) is 6. The Morgan fingerprint density at radius 3 is 2.72 bits per heavy atom. The van der Waals surface area contributed by atoms with E-state index in [0.29, 0.717) is 47.0 Å². The van der Waals surface area contributed by atoms with Gasteiger partial charge in [0.05, 0.1) is 28.9 Å². The Morgan fingerprint density at radius 2 is 1.91 bits per heavy atom. The highest BCUT2D eigenvalue weighted by Crippen LogP contribution is 2.32. The van der Waals surface area contributed by atoms with E-state index in [2.05, 4.69) is 10.1 Å². The van der Waals surface area contributed by atoms with E-state index in [4.69, 9.17) is 14.0 Å². The Hall–Kier alpha value is -3.94. The van der Waals surface area contributed by atoms with Crippen molar-refractivity contribution in [3.63, 3.8) is 0 Å². The summed E-state index contributed by atoms with van der Waals surface area (Å²) < 4.78 is 31.4. The monoisotopic (exact) mass is 433 g/mol. The molecule has 0 unspecified atom stereocenters. The number of benzene rings is 2. The molecule has 0 aliphatic carbocycles. The number of hydrogen-bond donors (Lipinski definition) is 0. The van der Waals surface area contributed by atoms with E-state index in [0.717, 1.165) is 0 Å². The molecule has 0 fully saturated rings. The van der Waals surface area contributed by atoms with E-state index >= 15 is 0 Å². The fraction of sp³-hybridized carbons (Fsp3) is 0.208. The van der Waals surface area contributed by atoms with Crippen LogP contribution >= 0.6 is 0 Å². The van der Waals surface area contributed by atoms with Crippen molar-refractivity contribution in [3.05, 3.63) is 71.7 Å². The maximum Gasteiger partial charge on any atom is 0.259 e. The van der Waals surface area contributed by atoms with Gasteiger partial charge >= 0.3 is 0 Å². The van der Waals surface area contributed by atoms with Crippen LogP contribution in [0.15, 0.2) is 59.1 Å². The average Bonchev–Trinajstić information content (AvgIpc) is 3.19. The van der Waals surface area contributed by atoms with Gasteiger partial charge in [-0.3, -0.25) is 4.79 Å². The largest absolute Gasteiger partial charge is 0.486 e. The third-order valence-electron chi connectivity index (χ3n) is 5.39. The SMILES string of the molecule is Cc1noc2nc(-c3ccccc3F)cc(C(=O)N(C)C[C@@H]3COc4ccccc4O3)c12. The van der Waals surface area contributed by atoms with Crippen LogP contribution in [0.4, 0.5) is 4.39 Å². The molecule has 1 aliphatic rings. The fourth-order valence-corrected chi connectivity index (χ4v) is 3.82. The highest BCUT2D eigenvalue weighted by atomic mass is 19.1. The Morgan fingerprint density at radius 1 is 1.16 bits per heavy atom. The molecule has 0 bridgehead atoms. The van der Waals surface area contributed by atoms with E-state index < -0.39 is 5.82 Å². The molecule has 1 atom stereocenters. The zero-order valence-electron chi connectivity index (χ0n) is 17.5. The highest BCUT2D eigenvalue weighted by Gasteiger charge is 2.27. The molecule has 4 aromatic rings. The molecule has 0 radical (unpaired) electrons. The van der Waals surface area contributed by atoms with Crippen molar-refractivity contribution in [2.75, 3.05) is 20.2 Å². The smallest absolute Gasteiger partial charge is 0.259 e. The second kappa shape index (κ2) is 7.96. The lowest BCUT2D eigenvalue weighted by atomic mass is 10.0. The molecule has 7 nitrogen and oxygen atoms in total. The Balaban J connectivity index is 1.46. The van der Waals surface area contributed by atoms with Gasteiger partial charge in [0, 0.05) is 12.6 Å². The van der Waals surface area contributed by atoms with Gasteiger partial charge in [0.2, 0.25) is 0 Å². The molecule has 0 saturated carbocycles. The van der Waals surface area contributed by atoms with Crippen LogP contribution in [0.5, 0.6) is 11.5 Å². The second-order valence-corrected chi connectivity index (χ2v) is 7.67. The van der Waals surface area contributed by atoms with Gasteiger partial charge in [-0.2, -0.15) is 0 Å². The first kappa shape index (κ1) is 20.0. The Labute approximate surface area is 183 Å². The summed E-state index contributed by atoms with van der Waals surface area (Å²) in [7, 11) is 1.68. The maximum atomic E-state index is 14.4. The Bertz CT molecular complexity index is 1320. The Kier molecular flexibility index (Phi) is 4.97. The van der Waals surface area contributed by atoms with Crippen LogP contribution in [0.1, 0.15) is 16.1 Å². The van der Waals surface area contributed by atoms with Gasteiger partial charge in [-0.05, 0) is 37.3 Å². The first-order valence-electron chi connectivity index (χ1n) is 10.2. The first-order chi connectivity index (χ1) is 15.5. The summed E-state index contributed by atoms with van der Waals surface area (Å²) in [6.45, 7) is 2.37. The number of fused-ring (bicyclic) bond motifs is 2. The van der Waals surface area contributed by atoms with Crippen LogP contribution in [-0.4, -0.2) is 47.3 Å². The number of rotatable bonds is 4.